The van der Waals surface area contributed by atoms with Crippen LogP contribution in [0.5, 0.6) is 11.5 Å². The number of fused-ring (bicyclic) bond motifs is 1. The van der Waals surface area contributed by atoms with Crippen molar-refractivity contribution in [2.45, 2.75) is 18.9 Å². The number of benzene rings is 3. The second-order valence-corrected chi connectivity index (χ2v) is 6.36. The third-order valence-electron chi connectivity index (χ3n) is 4.91. The van der Waals surface area contributed by atoms with E-state index in [1.54, 1.807) is 48.5 Å². The van der Waals surface area contributed by atoms with Gasteiger partial charge in [0.2, 0.25) is 0 Å². The smallest absolute Gasteiger partial charge is 0.340 e. The molecule has 3 aromatic rings. The van der Waals surface area contributed by atoms with Crippen molar-refractivity contribution in [3.05, 3.63) is 94.5 Å². The molecule has 2 N–H and O–H groups in total. The molecule has 130 valence electrons. The molecule has 0 bridgehead atoms. The third-order valence-corrected chi connectivity index (χ3v) is 4.91. The molecule has 1 aliphatic heterocycles. The Morgan fingerprint density at radius 1 is 0.923 bits per heavy atom. The van der Waals surface area contributed by atoms with Gasteiger partial charge in [0.25, 0.3) is 0 Å². The predicted octanol–water partition coefficient (Wildman–Crippen LogP) is 4.12. The number of carbonyl (C=O) groups is 1. The number of aryl methyl sites for hydroxylation is 1. The van der Waals surface area contributed by atoms with Crippen molar-refractivity contribution in [1.29, 1.82) is 0 Å². The van der Waals surface area contributed by atoms with Gasteiger partial charge in [0, 0.05) is 16.7 Å². The summed E-state index contributed by atoms with van der Waals surface area (Å²) in [5, 5.41) is 19.8. The number of esters is 1. The molecule has 0 saturated heterocycles. The van der Waals surface area contributed by atoms with E-state index < -0.39 is 5.60 Å². The molecule has 3 aromatic carbocycles. The average molecular weight is 346 g/mol. The Balaban J connectivity index is 2.04. The molecule has 4 heteroatoms. The lowest BCUT2D eigenvalue weighted by Gasteiger charge is -2.30. The van der Waals surface area contributed by atoms with Crippen LogP contribution in [0.15, 0.2) is 66.7 Å². The molecule has 0 aliphatic carbocycles. The van der Waals surface area contributed by atoms with Crippen molar-refractivity contribution in [2.24, 2.45) is 0 Å². The summed E-state index contributed by atoms with van der Waals surface area (Å²) in [4.78, 5) is 12.6. The maximum atomic E-state index is 12.6. The van der Waals surface area contributed by atoms with Gasteiger partial charge in [-0.3, -0.25) is 0 Å². The highest BCUT2D eigenvalue weighted by molar-refractivity contribution is 5.96. The van der Waals surface area contributed by atoms with E-state index in [4.69, 9.17) is 4.74 Å². The standard InChI is InChI=1S/C22H18O4/c1-2-14-13-16(9-12-20(14)24)22(15-7-10-17(23)11-8-15)19-6-4-3-5-18(19)21(25)26-22/h3-13,23-24H,2H2,1H3. The van der Waals surface area contributed by atoms with Crippen LogP contribution in [-0.4, -0.2) is 16.2 Å². The first kappa shape index (κ1) is 16.2. The molecule has 1 atom stereocenters. The first-order chi connectivity index (χ1) is 12.6. The largest absolute Gasteiger partial charge is 0.508 e. The maximum Gasteiger partial charge on any atom is 0.340 e. The van der Waals surface area contributed by atoms with Crippen LogP contribution in [0.25, 0.3) is 0 Å². The summed E-state index contributed by atoms with van der Waals surface area (Å²) in [6.45, 7) is 1.96. The fraction of sp³-hybridized carbons (Fsp3) is 0.136. The fourth-order valence-electron chi connectivity index (χ4n) is 3.60. The van der Waals surface area contributed by atoms with Gasteiger partial charge in [0.15, 0.2) is 5.60 Å². The highest BCUT2D eigenvalue weighted by Gasteiger charge is 2.48. The highest BCUT2D eigenvalue weighted by Crippen LogP contribution is 2.47. The number of ether oxygens (including phenoxy) is 1. The lowest BCUT2D eigenvalue weighted by molar-refractivity contribution is 0.0251. The summed E-state index contributed by atoms with van der Waals surface area (Å²) in [7, 11) is 0. The molecular weight excluding hydrogens is 328 g/mol. The summed E-state index contributed by atoms with van der Waals surface area (Å²) in [5.41, 5.74) is 2.44. The zero-order valence-corrected chi connectivity index (χ0v) is 14.3. The minimum absolute atomic E-state index is 0.140. The van der Waals surface area contributed by atoms with Gasteiger partial charge in [-0.1, -0.05) is 43.3 Å². The van der Waals surface area contributed by atoms with Gasteiger partial charge in [-0.2, -0.15) is 0 Å². The first-order valence-corrected chi connectivity index (χ1v) is 8.51. The number of hydrogen-bond donors (Lipinski definition) is 2. The summed E-state index contributed by atoms with van der Waals surface area (Å²) < 4.78 is 5.97. The van der Waals surface area contributed by atoms with Crippen LogP contribution in [0.4, 0.5) is 0 Å². The lowest BCUT2D eigenvalue weighted by Crippen LogP contribution is -2.29. The minimum Gasteiger partial charge on any atom is -0.508 e. The van der Waals surface area contributed by atoms with Gasteiger partial charge in [-0.05, 0) is 42.3 Å². The topological polar surface area (TPSA) is 66.8 Å². The van der Waals surface area contributed by atoms with Crippen LogP contribution >= 0.6 is 0 Å². The van der Waals surface area contributed by atoms with Gasteiger partial charge in [-0.25, -0.2) is 4.79 Å². The number of cyclic esters (lactones) is 1. The Kier molecular flexibility index (Phi) is 3.69. The quantitative estimate of drug-likeness (QED) is 0.700. The van der Waals surface area contributed by atoms with E-state index in [1.165, 1.54) is 0 Å². The van der Waals surface area contributed by atoms with Gasteiger partial charge >= 0.3 is 5.97 Å². The van der Waals surface area contributed by atoms with E-state index in [9.17, 15) is 15.0 Å². The van der Waals surface area contributed by atoms with E-state index >= 15 is 0 Å². The number of phenolic OH excluding ortho intramolecular Hbond substituents is 2. The van der Waals surface area contributed by atoms with Crippen molar-refractivity contribution >= 4 is 5.97 Å². The zero-order valence-electron chi connectivity index (χ0n) is 14.3. The molecule has 0 aromatic heterocycles. The average Bonchev–Trinajstić information content (AvgIpc) is 2.97. The first-order valence-electron chi connectivity index (χ1n) is 8.51. The number of phenols is 2. The van der Waals surface area contributed by atoms with Crippen LogP contribution in [0.3, 0.4) is 0 Å². The molecule has 0 spiro atoms. The molecule has 1 aliphatic rings. The Morgan fingerprint density at radius 2 is 1.62 bits per heavy atom. The third kappa shape index (κ3) is 2.26. The van der Waals surface area contributed by atoms with E-state index in [2.05, 4.69) is 0 Å². The number of aromatic hydroxyl groups is 2. The Morgan fingerprint density at radius 3 is 2.35 bits per heavy atom. The SMILES string of the molecule is CCc1cc(C2(c3ccc(O)cc3)OC(=O)c3ccccc32)ccc1O. The van der Waals surface area contributed by atoms with E-state index in [0.717, 1.165) is 22.3 Å². The number of rotatable bonds is 3. The number of hydrogen-bond acceptors (Lipinski definition) is 4. The van der Waals surface area contributed by atoms with Crippen LogP contribution in [0.1, 0.15) is 39.5 Å². The minimum atomic E-state index is -1.11. The lowest BCUT2D eigenvalue weighted by atomic mass is 9.79. The van der Waals surface area contributed by atoms with E-state index in [1.807, 2.05) is 25.1 Å². The molecule has 0 radical (unpaired) electrons. The normalized spacial score (nSPS) is 18.4. The van der Waals surface area contributed by atoms with Gasteiger partial charge in [0.1, 0.15) is 11.5 Å². The second kappa shape index (κ2) is 5.92. The molecule has 0 fully saturated rings. The van der Waals surface area contributed by atoms with Gasteiger partial charge in [-0.15, -0.1) is 0 Å². The summed E-state index contributed by atoms with van der Waals surface area (Å²) in [5.74, 6) is -0.0315. The number of carbonyl (C=O) groups excluding carboxylic acids is 1. The maximum absolute atomic E-state index is 12.6. The van der Waals surface area contributed by atoms with Crippen LogP contribution in [0, 0.1) is 0 Å². The molecule has 1 unspecified atom stereocenters. The Labute approximate surface area is 151 Å². The Bertz CT molecular complexity index is 991. The molecule has 4 rings (SSSR count). The molecule has 0 amide bonds. The molecule has 0 saturated carbocycles. The Hall–Kier alpha value is -3.27. The summed E-state index contributed by atoms with van der Waals surface area (Å²) in [6.07, 6.45) is 0.654. The summed E-state index contributed by atoms with van der Waals surface area (Å²) >= 11 is 0. The molecular formula is C22H18O4. The van der Waals surface area contributed by atoms with Crippen molar-refractivity contribution in [3.63, 3.8) is 0 Å². The predicted molar refractivity (Wildman–Crippen MR) is 97.3 cm³/mol. The van der Waals surface area contributed by atoms with Crippen LogP contribution < -0.4 is 0 Å². The molecule has 26 heavy (non-hydrogen) atoms. The molecule has 1 heterocycles. The molecule has 4 nitrogen and oxygen atoms in total. The zero-order chi connectivity index (χ0) is 18.3. The van der Waals surface area contributed by atoms with Crippen LogP contribution in [-0.2, 0) is 16.8 Å². The van der Waals surface area contributed by atoms with E-state index in [-0.39, 0.29) is 17.5 Å². The van der Waals surface area contributed by atoms with Crippen molar-refractivity contribution in [3.8, 4) is 11.5 Å². The van der Waals surface area contributed by atoms with Gasteiger partial charge < -0.3 is 14.9 Å². The highest BCUT2D eigenvalue weighted by atomic mass is 16.6. The fourth-order valence-corrected chi connectivity index (χ4v) is 3.60. The van der Waals surface area contributed by atoms with Crippen molar-refractivity contribution in [1.82, 2.24) is 0 Å². The van der Waals surface area contributed by atoms with Crippen molar-refractivity contribution < 1.29 is 19.7 Å². The van der Waals surface area contributed by atoms with Crippen LogP contribution in [0.2, 0.25) is 0 Å². The van der Waals surface area contributed by atoms with Gasteiger partial charge in [0.05, 0.1) is 5.56 Å². The monoisotopic (exact) mass is 346 g/mol. The second-order valence-electron chi connectivity index (χ2n) is 6.36. The summed E-state index contributed by atoms with van der Waals surface area (Å²) in [6, 6.07) is 19.2. The van der Waals surface area contributed by atoms with E-state index in [0.29, 0.717) is 12.0 Å². The van der Waals surface area contributed by atoms with Crippen molar-refractivity contribution in [2.75, 3.05) is 0 Å².